The van der Waals surface area contributed by atoms with Gasteiger partial charge in [-0.15, -0.1) is 0 Å². The van der Waals surface area contributed by atoms with Crippen molar-refractivity contribution in [3.05, 3.63) is 48.1 Å². The number of amides is 1. The second-order valence-electron chi connectivity index (χ2n) is 11.3. The smallest absolute Gasteiger partial charge is 0.320 e. The number of ether oxygens (including phenoxy) is 1. The van der Waals surface area contributed by atoms with Crippen LogP contribution in [0.4, 0.5) is 10.2 Å². The first kappa shape index (κ1) is 28.0. The lowest BCUT2D eigenvalue weighted by atomic mass is 9.89. The first-order valence-corrected chi connectivity index (χ1v) is 14.7. The average molecular weight is 571 g/mol. The maximum absolute atomic E-state index is 15.9. The predicted molar refractivity (Wildman–Crippen MR) is 156 cm³/mol. The van der Waals surface area contributed by atoms with Crippen molar-refractivity contribution in [2.45, 2.75) is 57.0 Å². The number of piperazine rings is 1. The third-order valence-electron chi connectivity index (χ3n) is 8.77. The Morgan fingerprint density at radius 2 is 2.02 bits per heavy atom. The van der Waals surface area contributed by atoms with Gasteiger partial charge < -0.3 is 19.4 Å². The van der Waals surface area contributed by atoms with Crippen molar-refractivity contribution in [2.75, 3.05) is 44.7 Å². The van der Waals surface area contributed by atoms with Crippen LogP contribution in [0.2, 0.25) is 0 Å². The van der Waals surface area contributed by atoms with Crippen molar-refractivity contribution >= 4 is 22.8 Å². The van der Waals surface area contributed by atoms with Gasteiger partial charge in [0.2, 0.25) is 5.91 Å². The highest BCUT2D eigenvalue weighted by molar-refractivity contribution is 5.90. The summed E-state index contributed by atoms with van der Waals surface area (Å²) in [5.74, 6) is -0.206. The first-order valence-electron chi connectivity index (χ1n) is 14.7. The van der Waals surface area contributed by atoms with Gasteiger partial charge in [-0.1, -0.05) is 6.58 Å². The van der Waals surface area contributed by atoms with Crippen molar-refractivity contribution in [1.82, 2.24) is 29.7 Å². The topological polar surface area (TPSA) is 111 Å². The Balaban J connectivity index is 1.42. The van der Waals surface area contributed by atoms with Crippen LogP contribution in [-0.4, -0.2) is 87.6 Å². The molecule has 218 valence electrons. The Morgan fingerprint density at radius 3 is 2.81 bits per heavy atom. The molecular weight excluding hydrogens is 535 g/mol. The number of nitrogens with zero attached hydrogens (tertiary/aromatic N) is 8. The van der Waals surface area contributed by atoms with E-state index >= 15 is 4.39 Å². The Labute approximate surface area is 244 Å². The van der Waals surface area contributed by atoms with Gasteiger partial charge in [0.05, 0.1) is 23.9 Å². The summed E-state index contributed by atoms with van der Waals surface area (Å²) in [7, 11) is 2.08. The summed E-state index contributed by atoms with van der Waals surface area (Å²) in [6.07, 6.45) is 11.1. The van der Waals surface area contributed by atoms with Crippen LogP contribution >= 0.6 is 0 Å². The minimum absolute atomic E-state index is 0.152. The monoisotopic (exact) mass is 570 g/mol. The number of likely N-dealkylation sites (tertiary alicyclic amines) is 1. The highest BCUT2D eigenvalue weighted by atomic mass is 19.1. The van der Waals surface area contributed by atoms with Gasteiger partial charge in [-0.3, -0.25) is 9.78 Å². The summed E-state index contributed by atoms with van der Waals surface area (Å²) < 4.78 is 22.1. The van der Waals surface area contributed by atoms with E-state index < -0.39 is 5.82 Å². The Kier molecular flexibility index (Phi) is 7.98. The van der Waals surface area contributed by atoms with Gasteiger partial charge in [0.15, 0.2) is 5.65 Å². The molecule has 0 aromatic carbocycles. The minimum atomic E-state index is -0.469. The molecule has 11 heteroatoms. The van der Waals surface area contributed by atoms with E-state index in [1.54, 1.807) is 11.1 Å². The summed E-state index contributed by atoms with van der Waals surface area (Å²) in [6.45, 7) is 6.23. The Bertz CT molecular complexity index is 1560. The van der Waals surface area contributed by atoms with E-state index in [9.17, 15) is 10.1 Å². The molecule has 1 amide bonds. The lowest BCUT2D eigenvalue weighted by Gasteiger charge is -2.41. The first-order chi connectivity index (χ1) is 20.5. The standard InChI is InChI=1S/C31H35FN8O2/c1-3-27(41)40-14-13-39(18-21(40)10-11-33)30-24-15-26(32)28(25-17-34-16-20-7-4-5-9-23(20)25)35-29(24)36-31(37-30)42-19-22-8-6-12-38(22)2/h3,15-17,21-22H,1,4-10,12-14,18-19H2,2H3/t21-,22-/m0/s1. The van der Waals surface area contributed by atoms with E-state index in [1.807, 2.05) is 11.1 Å². The number of halogens is 1. The Morgan fingerprint density at radius 1 is 1.17 bits per heavy atom. The normalized spacial score (nSPS) is 20.8. The van der Waals surface area contributed by atoms with Gasteiger partial charge in [0, 0.05) is 43.6 Å². The number of rotatable bonds is 7. The molecule has 42 heavy (non-hydrogen) atoms. The van der Waals surface area contributed by atoms with Crippen LogP contribution in [0.1, 0.15) is 43.2 Å². The van der Waals surface area contributed by atoms with Gasteiger partial charge >= 0.3 is 6.01 Å². The van der Waals surface area contributed by atoms with Crippen molar-refractivity contribution in [3.63, 3.8) is 0 Å². The lowest BCUT2D eigenvalue weighted by Crippen LogP contribution is -2.55. The molecule has 2 saturated heterocycles. The van der Waals surface area contributed by atoms with Gasteiger partial charge in [-0.2, -0.15) is 15.2 Å². The zero-order chi connectivity index (χ0) is 29.2. The van der Waals surface area contributed by atoms with Crippen molar-refractivity contribution < 1.29 is 13.9 Å². The van der Waals surface area contributed by atoms with Gasteiger partial charge in [-0.25, -0.2) is 9.37 Å². The molecule has 6 rings (SSSR count). The van der Waals surface area contributed by atoms with Crippen molar-refractivity contribution in [3.8, 4) is 23.3 Å². The molecule has 3 aromatic heterocycles. The number of carbonyl (C=O) groups excluding carboxylic acids is 1. The minimum Gasteiger partial charge on any atom is -0.462 e. The number of hydrogen-bond acceptors (Lipinski definition) is 9. The second kappa shape index (κ2) is 12.0. The molecule has 2 fully saturated rings. The SMILES string of the molecule is C=CC(=O)N1CCN(c2nc(OC[C@@H]3CCCN3C)nc3nc(-c4cncc5c4CCCC5)c(F)cc23)C[C@@H]1CC#N. The number of nitriles is 1. The van der Waals surface area contributed by atoms with E-state index in [0.717, 1.165) is 56.2 Å². The molecule has 0 spiro atoms. The zero-order valence-electron chi connectivity index (χ0n) is 23.9. The molecule has 5 heterocycles. The third-order valence-corrected chi connectivity index (χ3v) is 8.77. The van der Waals surface area contributed by atoms with Gasteiger partial charge in [0.25, 0.3) is 0 Å². The number of aromatic nitrogens is 4. The third kappa shape index (κ3) is 5.39. The number of likely N-dealkylation sites (N-methyl/N-ethyl adjacent to an activating group) is 1. The highest BCUT2D eigenvalue weighted by Gasteiger charge is 2.32. The largest absolute Gasteiger partial charge is 0.462 e. The molecule has 3 aromatic rings. The molecule has 10 nitrogen and oxygen atoms in total. The van der Waals surface area contributed by atoms with Crippen LogP contribution in [0.25, 0.3) is 22.3 Å². The molecule has 2 aliphatic heterocycles. The Hall–Kier alpha value is -4.17. The highest BCUT2D eigenvalue weighted by Crippen LogP contribution is 2.35. The van der Waals surface area contributed by atoms with Crippen LogP contribution < -0.4 is 9.64 Å². The van der Waals surface area contributed by atoms with Crippen LogP contribution in [0.5, 0.6) is 6.01 Å². The average Bonchev–Trinajstić information content (AvgIpc) is 3.43. The quantitative estimate of drug-likeness (QED) is 0.393. The fourth-order valence-corrected chi connectivity index (χ4v) is 6.45. The van der Waals surface area contributed by atoms with E-state index in [-0.39, 0.29) is 36.1 Å². The van der Waals surface area contributed by atoms with Crippen molar-refractivity contribution in [1.29, 1.82) is 5.26 Å². The molecule has 0 bridgehead atoms. The molecular formula is C31H35FN8O2. The van der Waals surface area contributed by atoms with Crippen LogP contribution in [0.3, 0.4) is 0 Å². The maximum atomic E-state index is 15.9. The summed E-state index contributed by atoms with van der Waals surface area (Å²) in [4.78, 5) is 37.0. The fraction of sp³-hybridized carbons (Fsp3) is 0.484. The van der Waals surface area contributed by atoms with E-state index in [0.29, 0.717) is 48.7 Å². The number of fused-ring (bicyclic) bond motifs is 2. The van der Waals surface area contributed by atoms with E-state index in [4.69, 9.17) is 14.7 Å². The fourth-order valence-electron chi connectivity index (χ4n) is 6.45. The predicted octanol–water partition coefficient (Wildman–Crippen LogP) is 3.69. The van der Waals surface area contributed by atoms with E-state index in [1.165, 1.54) is 12.1 Å². The summed E-state index contributed by atoms with van der Waals surface area (Å²) in [6, 6.07) is 3.71. The number of aryl methyl sites for hydroxylation is 1. The number of carbonyl (C=O) groups is 1. The lowest BCUT2D eigenvalue weighted by molar-refractivity contribution is -0.128. The van der Waals surface area contributed by atoms with Crippen LogP contribution in [0.15, 0.2) is 31.1 Å². The molecule has 0 unspecified atom stereocenters. The zero-order valence-corrected chi connectivity index (χ0v) is 23.9. The van der Waals surface area contributed by atoms with E-state index in [2.05, 4.69) is 34.6 Å². The van der Waals surface area contributed by atoms with Gasteiger partial charge in [-0.05, 0) is 75.4 Å². The second-order valence-corrected chi connectivity index (χ2v) is 11.3. The number of hydrogen-bond donors (Lipinski definition) is 0. The molecule has 0 radical (unpaired) electrons. The van der Waals surface area contributed by atoms with Crippen molar-refractivity contribution in [2.24, 2.45) is 0 Å². The van der Waals surface area contributed by atoms with Crippen LogP contribution in [0, 0.1) is 17.1 Å². The summed E-state index contributed by atoms with van der Waals surface area (Å²) >= 11 is 0. The van der Waals surface area contributed by atoms with Crippen LogP contribution in [-0.2, 0) is 17.6 Å². The summed E-state index contributed by atoms with van der Waals surface area (Å²) in [5.41, 5.74) is 3.50. The van der Waals surface area contributed by atoms with Gasteiger partial charge in [0.1, 0.15) is 23.9 Å². The summed E-state index contributed by atoms with van der Waals surface area (Å²) in [5, 5.41) is 9.93. The molecule has 1 aliphatic carbocycles. The maximum Gasteiger partial charge on any atom is 0.320 e. The number of anilines is 1. The number of pyridine rings is 2. The molecule has 3 aliphatic rings. The molecule has 2 atom stereocenters. The molecule has 0 N–H and O–H groups in total. The molecule has 0 saturated carbocycles.